The van der Waals surface area contributed by atoms with Gasteiger partial charge in [-0.2, -0.15) is 0 Å². The topological polar surface area (TPSA) is 92.3 Å². The van der Waals surface area contributed by atoms with E-state index in [1.807, 2.05) is 42.5 Å². The minimum absolute atomic E-state index is 0.0262. The Morgan fingerprint density at radius 3 is 2.03 bits per heavy atom. The zero-order chi connectivity index (χ0) is 24.8. The van der Waals surface area contributed by atoms with Crippen LogP contribution in [0.4, 0.5) is 0 Å². The molecule has 1 aliphatic heterocycles. The standard InChI is InChI=1S/C26H23ClN2O4S2/c27-20-11-13-22(14-12-20)34-24(18-7-3-1-4-8-18)23(29-25(30)19-9-5-2-6-10-19)26(31)28-21-15-16-35(32,33)17-21/h1-14,21H,15-17H2,(H,28,31)(H,29,30)/b24-23+. The summed E-state index contributed by atoms with van der Waals surface area (Å²) >= 11 is 7.35. The first-order valence-corrected chi connectivity index (χ1v) is 13.9. The summed E-state index contributed by atoms with van der Waals surface area (Å²) in [7, 11) is -3.19. The highest BCUT2D eigenvalue weighted by atomic mass is 35.5. The molecule has 1 aliphatic rings. The Labute approximate surface area is 213 Å². The highest BCUT2D eigenvalue weighted by Gasteiger charge is 2.31. The molecule has 1 atom stereocenters. The maximum Gasteiger partial charge on any atom is 0.269 e. The molecule has 3 aromatic rings. The van der Waals surface area contributed by atoms with Crippen LogP contribution in [0.1, 0.15) is 22.3 Å². The second-order valence-corrected chi connectivity index (χ2v) is 11.8. The van der Waals surface area contributed by atoms with Crippen LogP contribution in [0.2, 0.25) is 5.02 Å². The number of rotatable bonds is 7. The van der Waals surface area contributed by atoms with Gasteiger partial charge in [-0.25, -0.2) is 8.42 Å². The van der Waals surface area contributed by atoms with Gasteiger partial charge in [-0.15, -0.1) is 0 Å². The van der Waals surface area contributed by atoms with Gasteiger partial charge < -0.3 is 10.6 Å². The van der Waals surface area contributed by atoms with Crippen LogP contribution in [0.5, 0.6) is 0 Å². The molecule has 1 fully saturated rings. The number of thioether (sulfide) groups is 1. The Balaban J connectivity index is 1.76. The number of hydrogen-bond donors (Lipinski definition) is 2. The first-order chi connectivity index (χ1) is 16.8. The quantitative estimate of drug-likeness (QED) is 0.348. The van der Waals surface area contributed by atoms with Gasteiger partial charge in [0.2, 0.25) is 0 Å². The second kappa shape index (κ2) is 11.1. The first kappa shape index (κ1) is 25.0. The van der Waals surface area contributed by atoms with E-state index in [0.29, 0.717) is 21.9 Å². The number of sulfone groups is 1. The minimum Gasteiger partial charge on any atom is -0.347 e. The van der Waals surface area contributed by atoms with Crippen molar-refractivity contribution in [1.29, 1.82) is 0 Å². The number of carbonyl (C=O) groups is 2. The molecule has 2 amide bonds. The van der Waals surface area contributed by atoms with Crippen molar-refractivity contribution in [2.75, 3.05) is 11.5 Å². The predicted octanol–water partition coefficient (Wildman–Crippen LogP) is 4.53. The van der Waals surface area contributed by atoms with Crippen LogP contribution in [0.25, 0.3) is 4.91 Å². The van der Waals surface area contributed by atoms with E-state index in [1.165, 1.54) is 11.8 Å². The van der Waals surface area contributed by atoms with Crippen molar-refractivity contribution in [3.8, 4) is 0 Å². The highest BCUT2D eigenvalue weighted by Crippen LogP contribution is 2.37. The predicted molar refractivity (Wildman–Crippen MR) is 140 cm³/mol. The number of benzene rings is 3. The smallest absolute Gasteiger partial charge is 0.269 e. The molecule has 9 heteroatoms. The first-order valence-electron chi connectivity index (χ1n) is 10.9. The van der Waals surface area contributed by atoms with Gasteiger partial charge in [0.1, 0.15) is 5.70 Å². The molecular formula is C26H23ClN2O4S2. The van der Waals surface area contributed by atoms with E-state index in [0.717, 1.165) is 10.5 Å². The molecule has 0 saturated carbocycles. The summed E-state index contributed by atoms with van der Waals surface area (Å²) in [4.78, 5) is 27.9. The highest BCUT2D eigenvalue weighted by molar-refractivity contribution is 8.08. The lowest BCUT2D eigenvalue weighted by atomic mass is 10.1. The lowest BCUT2D eigenvalue weighted by Gasteiger charge is -2.19. The molecule has 0 radical (unpaired) electrons. The van der Waals surface area contributed by atoms with E-state index in [-0.39, 0.29) is 17.2 Å². The maximum absolute atomic E-state index is 13.5. The van der Waals surface area contributed by atoms with Gasteiger partial charge in [-0.05, 0) is 48.4 Å². The van der Waals surface area contributed by atoms with E-state index in [4.69, 9.17) is 11.6 Å². The Bertz CT molecular complexity index is 1340. The van der Waals surface area contributed by atoms with E-state index < -0.39 is 27.7 Å². The van der Waals surface area contributed by atoms with Crippen molar-refractivity contribution in [3.05, 3.63) is 107 Å². The van der Waals surface area contributed by atoms with Crippen LogP contribution in [0, 0.1) is 0 Å². The number of amides is 2. The van der Waals surface area contributed by atoms with Gasteiger partial charge in [0.25, 0.3) is 11.8 Å². The average Bonchev–Trinajstić information content (AvgIpc) is 3.21. The largest absolute Gasteiger partial charge is 0.347 e. The molecule has 6 nitrogen and oxygen atoms in total. The van der Waals surface area contributed by atoms with Crippen molar-refractivity contribution in [3.63, 3.8) is 0 Å². The normalized spacial score (nSPS) is 17.3. The van der Waals surface area contributed by atoms with E-state index in [2.05, 4.69) is 10.6 Å². The van der Waals surface area contributed by atoms with Gasteiger partial charge in [0.05, 0.1) is 11.5 Å². The van der Waals surface area contributed by atoms with Gasteiger partial charge in [-0.3, -0.25) is 9.59 Å². The Morgan fingerprint density at radius 1 is 0.857 bits per heavy atom. The summed E-state index contributed by atoms with van der Waals surface area (Å²) in [5, 5.41) is 6.18. The van der Waals surface area contributed by atoms with Crippen molar-refractivity contribution in [2.45, 2.75) is 17.4 Å². The molecule has 0 aliphatic carbocycles. The van der Waals surface area contributed by atoms with E-state index in [1.54, 1.807) is 42.5 Å². The number of carbonyl (C=O) groups excluding carboxylic acids is 2. The third kappa shape index (κ3) is 6.75. The third-order valence-electron chi connectivity index (χ3n) is 5.37. The van der Waals surface area contributed by atoms with Gasteiger partial charge in [0.15, 0.2) is 9.84 Å². The summed E-state index contributed by atoms with van der Waals surface area (Å²) < 4.78 is 23.9. The zero-order valence-corrected chi connectivity index (χ0v) is 21.0. The zero-order valence-electron chi connectivity index (χ0n) is 18.6. The molecule has 4 rings (SSSR count). The van der Waals surface area contributed by atoms with E-state index >= 15 is 0 Å². The molecule has 35 heavy (non-hydrogen) atoms. The fourth-order valence-electron chi connectivity index (χ4n) is 3.62. The van der Waals surface area contributed by atoms with Crippen LogP contribution in [0.15, 0.2) is 95.5 Å². The Kier molecular flexibility index (Phi) is 7.95. The van der Waals surface area contributed by atoms with Crippen molar-refractivity contribution in [2.24, 2.45) is 0 Å². The monoisotopic (exact) mass is 526 g/mol. The van der Waals surface area contributed by atoms with E-state index in [9.17, 15) is 18.0 Å². The molecular weight excluding hydrogens is 504 g/mol. The maximum atomic E-state index is 13.5. The van der Waals surface area contributed by atoms with Gasteiger partial charge in [-0.1, -0.05) is 71.9 Å². The molecule has 0 aromatic heterocycles. The average molecular weight is 527 g/mol. The summed E-state index contributed by atoms with van der Waals surface area (Å²) in [5.41, 5.74) is 1.17. The van der Waals surface area contributed by atoms with Crippen molar-refractivity contribution >= 4 is 49.9 Å². The SMILES string of the molecule is O=C(NC1CCS(=O)(=O)C1)/C(NC(=O)c1ccccc1)=C(\Sc1ccc(Cl)cc1)c1ccccc1. The fraction of sp³-hybridized carbons (Fsp3) is 0.154. The van der Waals surface area contributed by atoms with Gasteiger partial charge >= 0.3 is 0 Å². The van der Waals surface area contributed by atoms with Gasteiger partial charge in [0, 0.05) is 26.4 Å². The summed E-state index contributed by atoms with van der Waals surface area (Å²) in [6.07, 6.45) is 0.332. The molecule has 1 unspecified atom stereocenters. The second-order valence-electron chi connectivity index (χ2n) is 8.02. The molecule has 2 N–H and O–H groups in total. The third-order valence-corrected chi connectivity index (χ3v) is 8.54. The number of nitrogens with one attached hydrogen (secondary N) is 2. The summed E-state index contributed by atoms with van der Waals surface area (Å²) in [6.45, 7) is 0. The van der Waals surface area contributed by atoms with Crippen LogP contribution < -0.4 is 10.6 Å². The molecule has 3 aromatic carbocycles. The molecule has 0 bridgehead atoms. The minimum atomic E-state index is -3.19. The fourth-order valence-corrected chi connectivity index (χ4v) is 6.43. The Hall–Kier alpha value is -3.07. The van der Waals surface area contributed by atoms with Crippen LogP contribution in [-0.2, 0) is 14.6 Å². The van der Waals surface area contributed by atoms with Crippen LogP contribution in [-0.4, -0.2) is 37.8 Å². The van der Waals surface area contributed by atoms with Crippen molar-refractivity contribution in [1.82, 2.24) is 10.6 Å². The van der Waals surface area contributed by atoms with Crippen LogP contribution in [0.3, 0.4) is 0 Å². The Morgan fingerprint density at radius 2 is 1.46 bits per heavy atom. The van der Waals surface area contributed by atoms with Crippen LogP contribution >= 0.6 is 23.4 Å². The lowest BCUT2D eigenvalue weighted by Crippen LogP contribution is -2.41. The summed E-state index contributed by atoms with van der Waals surface area (Å²) in [6, 6.07) is 24.5. The molecule has 180 valence electrons. The lowest BCUT2D eigenvalue weighted by molar-refractivity contribution is -0.118. The number of hydrogen-bond acceptors (Lipinski definition) is 5. The molecule has 1 saturated heterocycles. The van der Waals surface area contributed by atoms with Crippen molar-refractivity contribution < 1.29 is 18.0 Å². The number of halogens is 1. The molecule has 1 heterocycles. The summed E-state index contributed by atoms with van der Waals surface area (Å²) in [5.74, 6) is -1.08. The molecule has 0 spiro atoms.